The fourth-order valence-corrected chi connectivity index (χ4v) is 4.04. The smallest absolute Gasteiger partial charge is 0.251 e. The van der Waals surface area contributed by atoms with Gasteiger partial charge in [-0.25, -0.2) is 4.98 Å². The van der Waals surface area contributed by atoms with Crippen LogP contribution in [0, 0.1) is 0 Å². The number of aryl methyl sites for hydroxylation is 1. The molecule has 0 atom stereocenters. The van der Waals surface area contributed by atoms with Gasteiger partial charge in [-0.1, -0.05) is 48.4 Å². The topological polar surface area (TPSA) is 56.1 Å². The Morgan fingerprint density at radius 3 is 2.64 bits per heavy atom. The lowest BCUT2D eigenvalue weighted by Crippen LogP contribution is -2.24. The largest absolute Gasteiger partial charge is 0.497 e. The van der Waals surface area contributed by atoms with Gasteiger partial charge in [0.15, 0.2) is 0 Å². The van der Waals surface area contributed by atoms with Gasteiger partial charge in [-0.05, 0) is 60.9 Å². The van der Waals surface area contributed by atoms with Crippen LogP contribution in [-0.2, 0) is 13.0 Å². The fraction of sp³-hybridized carbons (Fsp3) is 0.259. The highest BCUT2D eigenvalue weighted by Gasteiger charge is 2.11. The number of amides is 1. The van der Waals surface area contributed by atoms with Gasteiger partial charge >= 0.3 is 0 Å². The normalized spacial score (nSPS) is 11.0. The lowest BCUT2D eigenvalue weighted by Gasteiger charge is -2.10. The lowest BCUT2D eigenvalue weighted by molar-refractivity contribution is 0.0952. The van der Waals surface area contributed by atoms with Crippen molar-refractivity contribution in [2.24, 2.45) is 0 Å². The van der Waals surface area contributed by atoms with Gasteiger partial charge in [0.05, 0.1) is 18.1 Å². The second-order valence-corrected chi connectivity index (χ2v) is 8.46. The number of ether oxygens (including phenoxy) is 1. The number of methoxy groups -OCH3 is 1. The summed E-state index contributed by atoms with van der Waals surface area (Å²) in [6, 6.07) is 23.4. The zero-order valence-corrected chi connectivity index (χ0v) is 19.5. The Balaban J connectivity index is 1.31. The van der Waals surface area contributed by atoms with Gasteiger partial charge in [-0.2, -0.15) is 0 Å². The van der Waals surface area contributed by atoms with Crippen LogP contribution >= 0.6 is 11.6 Å². The van der Waals surface area contributed by atoms with Crippen molar-refractivity contribution in [1.82, 2.24) is 14.9 Å². The first kappa shape index (κ1) is 22.9. The van der Waals surface area contributed by atoms with Crippen LogP contribution in [0.2, 0.25) is 5.02 Å². The number of fused-ring (bicyclic) bond motifs is 1. The second-order valence-electron chi connectivity index (χ2n) is 8.03. The van der Waals surface area contributed by atoms with E-state index in [4.69, 9.17) is 21.3 Å². The Kier molecular flexibility index (Phi) is 7.63. The molecule has 170 valence electrons. The number of imidazole rings is 1. The summed E-state index contributed by atoms with van der Waals surface area (Å²) < 4.78 is 7.48. The minimum atomic E-state index is -0.0707. The van der Waals surface area contributed by atoms with E-state index in [2.05, 4.69) is 40.2 Å². The molecule has 4 aromatic rings. The van der Waals surface area contributed by atoms with Crippen LogP contribution in [0.3, 0.4) is 0 Å². The Morgan fingerprint density at radius 2 is 1.82 bits per heavy atom. The van der Waals surface area contributed by atoms with Crippen LogP contribution in [0.1, 0.15) is 41.0 Å². The number of aromatic nitrogens is 2. The third-order valence-corrected chi connectivity index (χ3v) is 5.93. The number of nitrogens with zero attached hydrogens (tertiary/aromatic N) is 2. The molecule has 0 fully saturated rings. The molecule has 1 aromatic heterocycles. The highest BCUT2D eigenvalue weighted by atomic mass is 35.5. The number of unbranched alkanes of at least 4 members (excludes halogenated alkanes) is 2. The Morgan fingerprint density at radius 1 is 1.00 bits per heavy atom. The molecule has 4 rings (SSSR count). The summed E-state index contributed by atoms with van der Waals surface area (Å²) in [4.78, 5) is 17.2. The Bertz CT molecular complexity index is 1220. The summed E-state index contributed by atoms with van der Waals surface area (Å²) in [5.41, 5.74) is 3.98. The molecule has 1 amide bonds. The van der Waals surface area contributed by atoms with Crippen LogP contribution in [0.5, 0.6) is 5.75 Å². The number of nitrogens with one attached hydrogen (secondary N) is 1. The number of halogens is 1. The summed E-state index contributed by atoms with van der Waals surface area (Å²) in [6.07, 6.45) is 3.85. The van der Waals surface area contributed by atoms with E-state index >= 15 is 0 Å². The first-order valence-electron chi connectivity index (χ1n) is 11.2. The van der Waals surface area contributed by atoms with E-state index in [1.165, 1.54) is 5.56 Å². The van der Waals surface area contributed by atoms with Crippen LogP contribution in [-0.4, -0.2) is 29.1 Å². The number of carbonyl (C=O) groups is 1. The Hall–Kier alpha value is -3.31. The van der Waals surface area contributed by atoms with E-state index in [1.807, 2.05) is 30.3 Å². The molecule has 0 aliphatic heterocycles. The molecule has 0 spiro atoms. The van der Waals surface area contributed by atoms with Crippen molar-refractivity contribution >= 4 is 28.5 Å². The van der Waals surface area contributed by atoms with Gasteiger partial charge in [-0.3, -0.25) is 4.79 Å². The van der Waals surface area contributed by atoms with Gasteiger partial charge in [0.2, 0.25) is 0 Å². The molecule has 33 heavy (non-hydrogen) atoms. The highest BCUT2D eigenvalue weighted by Crippen LogP contribution is 2.20. The number of hydrogen-bond donors (Lipinski definition) is 1. The predicted molar refractivity (Wildman–Crippen MR) is 133 cm³/mol. The molecule has 0 radical (unpaired) electrons. The fourth-order valence-electron chi connectivity index (χ4n) is 3.92. The van der Waals surface area contributed by atoms with E-state index in [9.17, 15) is 4.79 Å². The number of benzene rings is 3. The van der Waals surface area contributed by atoms with Crippen molar-refractivity contribution in [3.63, 3.8) is 0 Å². The average molecular weight is 462 g/mol. The van der Waals surface area contributed by atoms with Gasteiger partial charge < -0.3 is 14.6 Å². The number of rotatable bonds is 10. The maximum atomic E-state index is 12.3. The predicted octanol–water partition coefficient (Wildman–Crippen LogP) is 5.89. The molecule has 1 N–H and O–H groups in total. The monoisotopic (exact) mass is 461 g/mol. The summed E-state index contributed by atoms with van der Waals surface area (Å²) >= 11 is 6.05. The molecule has 6 heteroatoms. The highest BCUT2D eigenvalue weighted by molar-refractivity contribution is 6.30. The van der Waals surface area contributed by atoms with Crippen molar-refractivity contribution < 1.29 is 9.53 Å². The van der Waals surface area contributed by atoms with Crippen LogP contribution in [0.25, 0.3) is 11.0 Å². The van der Waals surface area contributed by atoms with Crippen molar-refractivity contribution in [3.8, 4) is 5.75 Å². The summed E-state index contributed by atoms with van der Waals surface area (Å²) in [5, 5.41) is 3.74. The quantitative estimate of drug-likeness (QED) is 0.299. The number of carbonyl (C=O) groups excluding carboxylic acids is 1. The third kappa shape index (κ3) is 5.93. The van der Waals surface area contributed by atoms with Crippen LogP contribution in [0.15, 0.2) is 72.8 Å². The summed E-state index contributed by atoms with van der Waals surface area (Å²) in [5.74, 6) is 1.70. The van der Waals surface area contributed by atoms with E-state index in [0.29, 0.717) is 17.9 Å². The molecule has 0 bridgehead atoms. The van der Waals surface area contributed by atoms with E-state index in [0.717, 1.165) is 54.1 Å². The first-order chi connectivity index (χ1) is 16.1. The molecule has 0 unspecified atom stereocenters. The molecular formula is C27H28ClN3O2. The molecule has 0 saturated carbocycles. The molecule has 0 aliphatic rings. The molecular weight excluding hydrogens is 434 g/mol. The van der Waals surface area contributed by atoms with Crippen LogP contribution in [0.4, 0.5) is 0 Å². The first-order valence-corrected chi connectivity index (χ1v) is 11.6. The minimum Gasteiger partial charge on any atom is -0.497 e. The van der Waals surface area contributed by atoms with Crippen molar-refractivity contribution in [2.45, 2.75) is 32.2 Å². The standard InChI is InChI=1S/C27H28ClN3O2/c1-33-23-9-7-8-21(18-23)27(32)29-17-6-2-3-12-26-30-24-10-4-5-11-25(24)31(26)19-20-13-15-22(28)16-14-20/h4-5,7-11,13-16,18H,2-3,6,12,17,19H2,1H3,(H,29,32). The molecule has 1 heterocycles. The minimum absolute atomic E-state index is 0.0707. The summed E-state index contributed by atoms with van der Waals surface area (Å²) in [7, 11) is 1.60. The second kappa shape index (κ2) is 11.0. The van der Waals surface area contributed by atoms with E-state index in [1.54, 1.807) is 19.2 Å². The van der Waals surface area contributed by atoms with Gasteiger partial charge in [-0.15, -0.1) is 0 Å². The molecule has 0 saturated heterocycles. The zero-order valence-electron chi connectivity index (χ0n) is 18.8. The van der Waals surface area contributed by atoms with Gasteiger partial charge in [0.25, 0.3) is 5.91 Å². The van der Waals surface area contributed by atoms with Crippen LogP contribution < -0.4 is 10.1 Å². The lowest BCUT2D eigenvalue weighted by atomic mass is 10.1. The van der Waals surface area contributed by atoms with Crippen molar-refractivity contribution in [3.05, 3.63) is 94.8 Å². The van der Waals surface area contributed by atoms with E-state index in [-0.39, 0.29) is 5.91 Å². The SMILES string of the molecule is COc1cccc(C(=O)NCCCCCc2nc3ccccc3n2Cc2ccc(Cl)cc2)c1. The summed E-state index contributed by atoms with van der Waals surface area (Å²) in [6.45, 7) is 1.42. The Labute approximate surface area is 199 Å². The maximum Gasteiger partial charge on any atom is 0.251 e. The average Bonchev–Trinajstić information content (AvgIpc) is 3.19. The number of hydrogen-bond acceptors (Lipinski definition) is 3. The van der Waals surface area contributed by atoms with E-state index < -0.39 is 0 Å². The van der Waals surface area contributed by atoms with Gasteiger partial charge in [0.1, 0.15) is 11.6 Å². The molecule has 3 aromatic carbocycles. The van der Waals surface area contributed by atoms with Crippen molar-refractivity contribution in [1.29, 1.82) is 0 Å². The molecule has 0 aliphatic carbocycles. The van der Waals surface area contributed by atoms with Crippen molar-refractivity contribution in [2.75, 3.05) is 13.7 Å². The maximum absolute atomic E-state index is 12.3. The third-order valence-electron chi connectivity index (χ3n) is 5.68. The number of para-hydroxylation sites is 2. The van der Waals surface area contributed by atoms with Gasteiger partial charge in [0, 0.05) is 30.1 Å². The molecule has 5 nitrogen and oxygen atoms in total. The zero-order chi connectivity index (χ0) is 23.0.